The molecule has 3 heteroatoms. The van der Waals surface area contributed by atoms with E-state index in [2.05, 4.69) is 105 Å². The number of hydrogen-bond donors (Lipinski definition) is 1. The van der Waals surface area contributed by atoms with E-state index >= 15 is 0 Å². The van der Waals surface area contributed by atoms with E-state index in [-0.39, 0.29) is 0 Å². The summed E-state index contributed by atoms with van der Waals surface area (Å²) in [6.07, 6.45) is 0. The SMILES string of the molecule is CC(C)c1cc(C(C)C)c(-c2ccc3c(n2)[nH]c2cc(Br)ccc23)c(C(C)C)c1. The van der Waals surface area contributed by atoms with Gasteiger partial charge in [-0.25, -0.2) is 4.98 Å². The maximum atomic E-state index is 5.10. The van der Waals surface area contributed by atoms with Crippen LogP contribution in [0, 0.1) is 0 Å². The third-order valence-corrected chi connectivity index (χ3v) is 6.30. The zero-order valence-electron chi connectivity index (χ0n) is 18.1. The van der Waals surface area contributed by atoms with Crippen LogP contribution < -0.4 is 0 Å². The van der Waals surface area contributed by atoms with E-state index in [1.165, 1.54) is 33.0 Å². The summed E-state index contributed by atoms with van der Waals surface area (Å²) in [6, 6.07) is 15.6. The highest BCUT2D eigenvalue weighted by molar-refractivity contribution is 9.10. The molecule has 2 aromatic carbocycles. The molecule has 29 heavy (non-hydrogen) atoms. The standard InChI is InChI=1S/C26H29BrN2/c1-14(2)17-11-21(15(3)4)25(22(12-17)16(5)6)23-10-9-20-19-8-7-18(27)13-24(19)29-26(20)28-23/h7-16H,1-6H3,(H,28,29). The van der Waals surface area contributed by atoms with Gasteiger partial charge in [0.25, 0.3) is 0 Å². The first-order valence-electron chi connectivity index (χ1n) is 10.5. The molecule has 4 aromatic rings. The molecule has 0 amide bonds. The fourth-order valence-corrected chi connectivity index (χ4v) is 4.51. The maximum Gasteiger partial charge on any atom is 0.139 e. The zero-order chi connectivity index (χ0) is 20.9. The fraction of sp³-hybridized carbons (Fsp3) is 0.346. The van der Waals surface area contributed by atoms with Crippen molar-refractivity contribution >= 4 is 37.9 Å². The summed E-state index contributed by atoms with van der Waals surface area (Å²) < 4.78 is 1.07. The minimum Gasteiger partial charge on any atom is -0.339 e. The van der Waals surface area contributed by atoms with Crippen LogP contribution in [0.5, 0.6) is 0 Å². The Morgan fingerprint density at radius 1 is 0.759 bits per heavy atom. The molecular weight excluding hydrogens is 420 g/mol. The van der Waals surface area contributed by atoms with E-state index in [9.17, 15) is 0 Å². The lowest BCUT2D eigenvalue weighted by atomic mass is 9.83. The Hall–Kier alpha value is -2.13. The third-order valence-electron chi connectivity index (χ3n) is 5.81. The summed E-state index contributed by atoms with van der Waals surface area (Å²) in [5.74, 6) is 1.40. The summed E-state index contributed by atoms with van der Waals surface area (Å²) in [6.45, 7) is 13.7. The molecule has 0 fully saturated rings. The summed E-state index contributed by atoms with van der Waals surface area (Å²) in [4.78, 5) is 8.62. The van der Waals surface area contributed by atoms with Crippen molar-refractivity contribution in [3.63, 3.8) is 0 Å². The predicted octanol–water partition coefficient (Wildman–Crippen LogP) is 8.52. The van der Waals surface area contributed by atoms with Crippen LogP contribution in [0.15, 0.2) is 46.9 Å². The van der Waals surface area contributed by atoms with Gasteiger partial charge >= 0.3 is 0 Å². The second-order valence-electron chi connectivity index (χ2n) is 8.95. The van der Waals surface area contributed by atoms with Crippen molar-refractivity contribution in [3.8, 4) is 11.3 Å². The Balaban J connectivity index is 1.99. The quantitative estimate of drug-likeness (QED) is 0.332. The molecule has 4 rings (SSSR count). The molecule has 1 N–H and O–H groups in total. The molecule has 150 valence electrons. The number of aromatic nitrogens is 2. The van der Waals surface area contributed by atoms with Crippen LogP contribution in [0.2, 0.25) is 0 Å². The van der Waals surface area contributed by atoms with Crippen LogP contribution in [0.3, 0.4) is 0 Å². The number of hydrogen-bond acceptors (Lipinski definition) is 1. The monoisotopic (exact) mass is 448 g/mol. The van der Waals surface area contributed by atoms with Crippen molar-refractivity contribution in [1.82, 2.24) is 9.97 Å². The Morgan fingerprint density at radius 2 is 1.38 bits per heavy atom. The summed E-state index contributed by atoms with van der Waals surface area (Å²) in [5, 5.41) is 2.39. The average molecular weight is 449 g/mol. The first kappa shape index (κ1) is 20.2. The second-order valence-corrected chi connectivity index (χ2v) is 9.86. The predicted molar refractivity (Wildman–Crippen MR) is 129 cm³/mol. The molecule has 0 radical (unpaired) electrons. The first-order chi connectivity index (χ1) is 13.8. The van der Waals surface area contributed by atoms with Crippen molar-refractivity contribution < 1.29 is 0 Å². The number of benzene rings is 2. The summed E-state index contributed by atoms with van der Waals surface area (Å²) in [5.41, 5.74) is 8.64. The number of halogens is 1. The van der Waals surface area contributed by atoms with Crippen molar-refractivity contribution in [1.29, 1.82) is 0 Å². The lowest BCUT2D eigenvalue weighted by Crippen LogP contribution is -2.04. The van der Waals surface area contributed by atoms with Gasteiger partial charge in [0.1, 0.15) is 5.65 Å². The summed E-state index contributed by atoms with van der Waals surface area (Å²) in [7, 11) is 0. The van der Waals surface area contributed by atoms with Gasteiger partial charge < -0.3 is 4.98 Å². The highest BCUT2D eigenvalue weighted by atomic mass is 79.9. The molecule has 0 aliphatic heterocycles. The van der Waals surface area contributed by atoms with Gasteiger partial charge in [0.15, 0.2) is 0 Å². The Bertz CT molecular complexity index is 1170. The molecule has 0 unspecified atom stereocenters. The summed E-state index contributed by atoms with van der Waals surface area (Å²) >= 11 is 3.57. The van der Waals surface area contributed by atoms with Crippen LogP contribution in [0.4, 0.5) is 0 Å². The van der Waals surface area contributed by atoms with Gasteiger partial charge in [-0.05, 0) is 58.7 Å². The van der Waals surface area contributed by atoms with E-state index in [4.69, 9.17) is 4.98 Å². The smallest absolute Gasteiger partial charge is 0.139 e. The number of H-pyrrole nitrogens is 1. The van der Waals surface area contributed by atoms with Crippen LogP contribution in [-0.4, -0.2) is 9.97 Å². The van der Waals surface area contributed by atoms with E-state index in [1.54, 1.807) is 0 Å². The fourth-order valence-electron chi connectivity index (χ4n) is 4.14. The van der Waals surface area contributed by atoms with Gasteiger partial charge in [0.2, 0.25) is 0 Å². The number of rotatable bonds is 4. The molecule has 0 aliphatic rings. The zero-order valence-corrected chi connectivity index (χ0v) is 19.7. The number of aromatic amines is 1. The van der Waals surface area contributed by atoms with Gasteiger partial charge in [-0.2, -0.15) is 0 Å². The van der Waals surface area contributed by atoms with E-state index in [0.29, 0.717) is 17.8 Å². The Kier molecular flexibility index (Phi) is 5.29. The van der Waals surface area contributed by atoms with Crippen LogP contribution in [0.25, 0.3) is 33.2 Å². The van der Waals surface area contributed by atoms with E-state index < -0.39 is 0 Å². The minimum absolute atomic E-state index is 0.442. The van der Waals surface area contributed by atoms with Crippen molar-refractivity contribution in [3.05, 3.63) is 63.6 Å². The molecule has 0 atom stereocenters. The molecule has 0 aliphatic carbocycles. The topological polar surface area (TPSA) is 28.7 Å². The maximum absolute atomic E-state index is 5.10. The van der Waals surface area contributed by atoms with E-state index in [1.807, 2.05) is 0 Å². The highest BCUT2D eigenvalue weighted by Crippen LogP contribution is 2.39. The number of pyridine rings is 1. The average Bonchev–Trinajstić information content (AvgIpc) is 3.02. The van der Waals surface area contributed by atoms with Gasteiger partial charge in [0.05, 0.1) is 5.69 Å². The molecule has 0 spiro atoms. The number of nitrogens with zero attached hydrogens (tertiary/aromatic N) is 1. The van der Waals surface area contributed by atoms with Gasteiger partial charge in [-0.1, -0.05) is 75.7 Å². The van der Waals surface area contributed by atoms with Gasteiger partial charge in [-0.15, -0.1) is 0 Å². The van der Waals surface area contributed by atoms with Crippen molar-refractivity contribution in [2.45, 2.75) is 59.3 Å². The van der Waals surface area contributed by atoms with E-state index in [0.717, 1.165) is 21.3 Å². The Morgan fingerprint density at radius 3 is 1.97 bits per heavy atom. The molecule has 0 saturated carbocycles. The molecule has 2 heterocycles. The van der Waals surface area contributed by atoms with Crippen LogP contribution in [0.1, 0.15) is 76.0 Å². The number of fused-ring (bicyclic) bond motifs is 3. The van der Waals surface area contributed by atoms with Gasteiger partial charge in [-0.3, -0.25) is 0 Å². The molecule has 2 nitrogen and oxygen atoms in total. The number of nitrogens with one attached hydrogen (secondary N) is 1. The third kappa shape index (κ3) is 3.61. The molecule has 2 aromatic heterocycles. The first-order valence-corrected chi connectivity index (χ1v) is 11.3. The largest absolute Gasteiger partial charge is 0.339 e. The highest BCUT2D eigenvalue weighted by Gasteiger charge is 2.20. The normalized spacial score (nSPS) is 12.2. The lowest BCUT2D eigenvalue weighted by molar-refractivity contribution is 0.806. The molecule has 0 bridgehead atoms. The van der Waals surface area contributed by atoms with Gasteiger partial charge in [0, 0.05) is 26.3 Å². The lowest BCUT2D eigenvalue weighted by Gasteiger charge is -2.22. The Labute approximate surface area is 181 Å². The second kappa shape index (κ2) is 7.60. The molecular formula is C26H29BrN2. The molecule has 0 saturated heterocycles. The van der Waals surface area contributed by atoms with Crippen molar-refractivity contribution in [2.75, 3.05) is 0 Å². The van der Waals surface area contributed by atoms with Crippen LogP contribution >= 0.6 is 15.9 Å². The minimum atomic E-state index is 0.442. The van der Waals surface area contributed by atoms with Crippen molar-refractivity contribution in [2.24, 2.45) is 0 Å². The van der Waals surface area contributed by atoms with Crippen LogP contribution in [-0.2, 0) is 0 Å².